The Kier molecular flexibility index (Phi) is 6.18. The Bertz CT molecular complexity index is 1110. The van der Waals surface area contributed by atoms with E-state index in [4.69, 9.17) is 4.42 Å². The number of amides is 3. The van der Waals surface area contributed by atoms with E-state index >= 15 is 0 Å². The van der Waals surface area contributed by atoms with Gasteiger partial charge >= 0.3 is 0 Å². The van der Waals surface area contributed by atoms with Crippen molar-refractivity contribution in [3.63, 3.8) is 0 Å². The third-order valence-electron chi connectivity index (χ3n) is 5.04. The Hall–Kier alpha value is -3.39. The normalized spacial score (nSPS) is 15.7. The fourth-order valence-electron chi connectivity index (χ4n) is 3.48. The summed E-state index contributed by atoms with van der Waals surface area (Å²) in [5, 5.41) is 5.66. The molecule has 1 atom stereocenters. The number of anilines is 2. The Balaban J connectivity index is 1.34. The summed E-state index contributed by atoms with van der Waals surface area (Å²) in [5.74, 6) is -0.786. The van der Waals surface area contributed by atoms with Crippen LogP contribution in [0.1, 0.15) is 22.5 Å². The zero-order chi connectivity index (χ0) is 21.8. The number of nitrogens with zero attached hydrogens (tertiary/aromatic N) is 1. The number of carbonyl (C=O) groups excluding carboxylic acids is 3. The summed E-state index contributed by atoms with van der Waals surface area (Å²) in [6, 6.07) is 17.9. The SMILES string of the molecule is O=C(Nc1cccc(CNC(=O)C2CC(=O)N(c3ccccc3Br)C2)c1)c1ccco1. The second-order valence-corrected chi connectivity index (χ2v) is 8.06. The molecule has 8 heteroatoms. The first-order valence-electron chi connectivity index (χ1n) is 9.77. The summed E-state index contributed by atoms with van der Waals surface area (Å²) in [6.07, 6.45) is 1.61. The van der Waals surface area contributed by atoms with Gasteiger partial charge in [0.1, 0.15) is 0 Å². The first kappa shape index (κ1) is 20.9. The van der Waals surface area contributed by atoms with Crippen LogP contribution in [-0.2, 0) is 16.1 Å². The van der Waals surface area contributed by atoms with Crippen molar-refractivity contribution in [2.24, 2.45) is 5.92 Å². The zero-order valence-electron chi connectivity index (χ0n) is 16.5. The average molecular weight is 482 g/mol. The van der Waals surface area contributed by atoms with Crippen molar-refractivity contribution >= 4 is 45.0 Å². The minimum absolute atomic E-state index is 0.0744. The molecule has 2 N–H and O–H groups in total. The maximum atomic E-state index is 12.7. The van der Waals surface area contributed by atoms with Crippen molar-refractivity contribution in [3.05, 3.63) is 82.7 Å². The van der Waals surface area contributed by atoms with Crippen LogP contribution in [0.4, 0.5) is 11.4 Å². The van der Waals surface area contributed by atoms with E-state index in [9.17, 15) is 14.4 Å². The molecule has 31 heavy (non-hydrogen) atoms. The lowest BCUT2D eigenvalue weighted by Crippen LogP contribution is -2.32. The molecule has 3 aromatic rings. The van der Waals surface area contributed by atoms with E-state index in [1.54, 1.807) is 35.2 Å². The number of nitrogens with one attached hydrogen (secondary N) is 2. The van der Waals surface area contributed by atoms with Crippen LogP contribution < -0.4 is 15.5 Å². The van der Waals surface area contributed by atoms with Gasteiger partial charge in [-0.1, -0.05) is 24.3 Å². The van der Waals surface area contributed by atoms with Crippen molar-refractivity contribution in [1.29, 1.82) is 0 Å². The van der Waals surface area contributed by atoms with Gasteiger partial charge in [0.2, 0.25) is 11.8 Å². The minimum Gasteiger partial charge on any atom is -0.459 e. The quantitative estimate of drug-likeness (QED) is 0.557. The molecule has 1 aliphatic rings. The summed E-state index contributed by atoms with van der Waals surface area (Å²) in [7, 11) is 0. The Morgan fingerprint density at radius 1 is 1.10 bits per heavy atom. The fraction of sp³-hybridized carbons (Fsp3) is 0.174. The molecular weight excluding hydrogens is 462 g/mol. The van der Waals surface area contributed by atoms with Gasteiger partial charge in [0.25, 0.3) is 5.91 Å². The van der Waals surface area contributed by atoms with Gasteiger partial charge in [-0.3, -0.25) is 14.4 Å². The third kappa shape index (κ3) is 4.86. The number of rotatable bonds is 6. The molecule has 7 nitrogen and oxygen atoms in total. The lowest BCUT2D eigenvalue weighted by atomic mass is 10.1. The Labute approximate surface area is 187 Å². The number of benzene rings is 2. The van der Waals surface area contributed by atoms with Crippen molar-refractivity contribution in [2.45, 2.75) is 13.0 Å². The summed E-state index contributed by atoms with van der Waals surface area (Å²) < 4.78 is 5.90. The zero-order valence-corrected chi connectivity index (χ0v) is 18.1. The van der Waals surface area contributed by atoms with Crippen LogP contribution in [0.25, 0.3) is 0 Å². The average Bonchev–Trinajstić information content (AvgIpc) is 3.43. The maximum Gasteiger partial charge on any atom is 0.291 e. The highest BCUT2D eigenvalue weighted by atomic mass is 79.9. The number of hydrogen-bond donors (Lipinski definition) is 2. The van der Waals surface area contributed by atoms with E-state index in [1.807, 2.05) is 30.3 Å². The van der Waals surface area contributed by atoms with E-state index in [1.165, 1.54) is 6.26 Å². The van der Waals surface area contributed by atoms with Crippen LogP contribution in [0.2, 0.25) is 0 Å². The molecule has 2 aromatic carbocycles. The van der Waals surface area contributed by atoms with Gasteiger partial charge in [0, 0.05) is 29.7 Å². The summed E-state index contributed by atoms with van der Waals surface area (Å²) >= 11 is 3.46. The number of furan rings is 1. The van der Waals surface area contributed by atoms with E-state index in [0.29, 0.717) is 18.8 Å². The molecule has 4 rings (SSSR count). The molecule has 1 fully saturated rings. The lowest BCUT2D eigenvalue weighted by Gasteiger charge is -2.18. The van der Waals surface area contributed by atoms with Crippen LogP contribution in [0.15, 0.2) is 75.8 Å². The van der Waals surface area contributed by atoms with Gasteiger partial charge in [-0.2, -0.15) is 0 Å². The van der Waals surface area contributed by atoms with Crippen molar-refractivity contribution in [1.82, 2.24) is 5.32 Å². The van der Waals surface area contributed by atoms with Crippen LogP contribution in [0, 0.1) is 5.92 Å². The second-order valence-electron chi connectivity index (χ2n) is 7.21. The molecule has 0 saturated carbocycles. The summed E-state index contributed by atoms with van der Waals surface area (Å²) in [6.45, 7) is 0.634. The molecule has 2 heterocycles. The highest BCUT2D eigenvalue weighted by Gasteiger charge is 2.35. The largest absolute Gasteiger partial charge is 0.459 e. The molecule has 0 spiro atoms. The molecule has 1 aromatic heterocycles. The van der Waals surface area contributed by atoms with Crippen molar-refractivity contribution in [3.8, 4) is 0 Å². The molecule has 158 valence electrons. The van der Waals surface area contributed by atoms with Crippen LogP contribution in [0.3, 0.4) is 0 Å². The van der Waals surface area contributed by atoms with E-state index in [0.717, 1.165) is 15.7 Å². The van der Waals surface area contributed by atoms with Crippen LogP contribution >= 0.6 is 15.9 Å². The molecule has 0 aliphatic carbocycles. The Morgan fingerprint density at radius 3 is 2.71 bits per heavy atom. The van der Waals surface area contributed by atoms with Gasteiger partial charge < -0.3 is 20.0 Å². The lowest BCUT2D eigenvalue weighted by molar-refractivity contribution is -0.126. The third-order valence-corrected chi connectivity index (χ3v) is 5.71. The predicted octanol–water partition coefficient (Wildman–Crippen LogP) is 3.96. The highest BCUT2D eigenvalue weighted by Crippen LogP contribution is 2.31. The van der Waals surface area contributed by atoms with Crippen LogP contribution in [-0.4, -0.2) is 24.3 Å². The number of carbonyl (C=O) groups is 3. The van der Waals surface area contributed by atoms with E-state index < -0.39 is 5.92 Å². The maximum absolute atomic E-state index is 12.7. The number of para-hydroxylation sites is 1. The first-order valence-corrected chi connectivity index (χ1v) is 10.6. The second kappa shape index (κ2) is 9.18. The summed E-state index contributed by atoms with van der Waals surface area (Å²) in [5.41, 5.74) is 2.20. The summed E-state index contributed by atoms with van der Waals surface area (Å²) in [4.78, 5) is 38.9. The number of hydrogen-bond acceptors (Lipinski definition) is 4. The Morgan fingerprint density at radius 2 is 1.94 bits per heavy atom. The first-order chi connectivity index (χ1) is 15.0. The van der Waals surface area contributed by atoms with E-state index in [2.05, 4.69) is 26.6 Å². The monoisotopic (exact) mass is 481 g/mol. The van der Waals surface area contributed by atoms with Gasteiger partial charge in [-0.05, 0) is 57.9 Å². The molecule has 0 radical (unpaired) electrons. The molecular formula is C23H20BrN3O4. The molecule has 3 amide bonds. The van der Waals surface area contributed by atoms with E-state index in [-0.39, 0.29) is 29.9 Å². The molecule has 1 unspecified atom stereocenters. The van der Waals surface area contributed by atoms with Gasteiger partial charge in [-0.25, -0.2) is 0 Å². The minimum atomic E-state index is -0.415. The molecule has 1 saturated heterocycles. The molecule has 0 bridgehead atoms. The highest BCUT2D eigenvalue weighted by molar-refractivity contribution is 9.10. The number of halogens is 1. The van der Waals surface area contributed by atoms with Gasteiger partial charge in [-0.15, -0.1) is 0 Å². The van der Waals surface area contributed by atoms with Crippen LogP contribution in [0.5, 0.6) is 0 Å². The van der Waals surface area contributed by atoms with Gasteiger partial charge in [0.05, 0.1) is 17.9 Å². The predicted molar refractivity (Wildman–Crippen MR) is 120 cm³/mol. The van der Waals surface area contributed by atoms with Gasteiger partial charge in [0.15, 0.2) is 5.76 Å². The topological polar surface area (TPSA) is 91.7 Å². The van der Waals surface area contributed by atoms with Crippen molar-refractivity contribution in [2.75, 3.05) is 16.8 Å². The molecule has 1 aliphatic heterocycles. The fourth-order valence-corrected chi connectivity index (χ4v) is 3.98. The van der Waals surface area contributed by atoms with Crippen molar-refractivity contribution < 1.29 is 18.8 Å². The smallest absolute Gasteiger partial charge is 0.291 e. The standard InChI is InChI=1S/C23H20BrN3O4/c24-18-7-1-2-8-19(18)27-14-16(12-21(27)28)22(29)25-13-15-5-3-6-17(11-15)26-23(30)20-9-4-10-31-20/h1-11,16H,12-14H2,(H,25,29)(H,26,30).